The van der Waals surface area contributed by atoms with Crippen molar-refractivity contribution < 1.29 is 17.7 Å². The fraction of sp³-hybridized carbons (Fsp3) is 0.250. The summed E-state index contributed by atoms with van der Waals surface area (Å²) >= 11 is 5.89. The quantitative estimate of drug-likeness (QED) is 0.550. The number of nitrogens with zero attached hydrogens (tertiary/aromatic N) is 4. The summed E-state index contributed by atoms with van der Waals surface area (Å²) in [5.74, 6) is 0.238. The summed E-state index contributed by atoms with van der Waals surface area (Å²) in [5.41, 5.74) is 1.14. The van der Waals surface area contributed by atoms with Crippen molar-refractivity contribution in [3.63, 3.8) is 0 Å². The van der Waals surface area contributed by atoms with E-state index in [0.29, 0.717) is 16.5 Å². The molecular weight excluding hydrogens is 428 g/mol. The van der Waals surface area contributed by atoms with Crippen LogP contribution in [0.5, 0.6) is 0 Å². The van der Waals surface area contributed by atoms with Crippen molar-refractivity contribution in [2.24, 2.45) is 0 Å². The van der Waals surface area contributed by atoms with E-state index >= 15 is 0 Å². The molecule has 3 aromatic rings. The van der Waals surface area contributed by atoms with Gasteiger partial charge in [0.1, 0.15) is 6.04 Å². The van der Waals surface area contributed by atoms with E-state index in [0.717, 1.165) is 16.1 Å². The molecule has 0 radical (unpaired) electrons. The molecule has 3 rings (SSSR count). The summed E-state index contributed by atoms with van der Waals surface area (Å²) in [6.45, 7) is 1.57. The third kappa shape index (κ3) is 4.98. The number of anilines is 1. The maximum absolute atomic E-state index is 13.0. The first-order valence-corrected chi connectivity index (χ1v) is 11.3. The zero-order valence-corrected chi connectivity index (χ0v) is 18.3. The van der Waals surface area contributed by atoms with Crippen LogP contribution in [0.2, 0.25) is 5.02 Å². The van der Waals surface area contributed by atoms with E-state index in [9.17, 15) is 13.2 Å². The topological polar surface area (TPSA) is 96.6 Å². The zero-order chi connectivity index (χ0) is 21.9. The van der Waals surface area contributed by atoms with Crippen molar-refractivity contribution in [3.8, 4) is 11.4 Å². The Bertz CT molecular complexity index is 1120. The Kier molecular flexibility index (Phi) is 6.42. The van der Waals surface area contributed by atoms with Crippen molar-refractivity contribution in [3.05, 3.63) is 65.5 Å². The molecule has 0 bridgehead atoms. The third-order valence-corrected chi connectivity index (χ3v) is 5.89. The number of sulfonamides is 1. The summed E-state index contributed by atoms with van der Waals surface area (Å²) in [4.78, 5) is 18.6. The number of hydrogen-bond acceptors (Lipinski definition) is 6. The van der Waals surface area contributed by atoms with Gasteiger partial charge < -0.3 is 9.42 Å². The Hall–Kier alpha value is -2.91. The minimum Gasteiger partial charge on any atom is -0.337 e. The van der Waals surface area contributed by atoms with E-state index in [-0.39, 0.29) is 12.4 Å². The van der Waals surface area contributed by atoms with E-state index in [1.807, 2.05) is 30.3 Å². The van der Waals surface area contributed by atoms with Gasteiger partial charge in [-0.25, -0.2) is 8.42 Å². The first-order valence-electron chi connectivity index (χ1n) is 9.05. The lowest BCUT2D eigenvalue weighted by atomic mass is 10.2. The summed E-state index contributed by atoms with van der Waals surface area (Å²) in [5, 5.41) is 4.40. The van der Waals surface area contributed by atoms with E-state index in [2.05, 4.69) is 10.1 Å². The number of amides is 1. The van der Waals surface area contributed by atoms with Crippen LogP contribution < -0.4 is 4.31 Å². The molecule has 2 aromatic carbocycles. The maximum atomic E-state index is 13.0. The molecule has 1 unspecified atom stereocenters. The average Bonchev–Trinajstić information content (AvgIpc) is 3.17. The van der Waals surface area contributed by atoms with Gasteiger partial charge in [0.05, 0.1) is 18.5 Å². The number of hydrogen-bond donors (Lipinski definition) is 0. The first kappa shape index (κ1) is 21.8. The molecule has 1 heterocycles. The maximum Gasteiger partial charge on any atom is 0.246 e. The van der Waals surface area contributed by atoms with Gasteiger partial charge in [-0.15, -0.1) is 0 Å². The normalized spacial score (nSPS) is 12.4. The standard InChI is InChI=1S/C20H21ClN4O4S/c1-14(25(30(3,27)28)17-11-9-16(21)10-12-17)20(26)24(2)13-18-22-19(23-29-18)15-7-5-4-6-8-15/h4-12,14H,13H2,1-3H3. The zero-order valence-electron chi connectivity index (χ0n) is 16.7. The lowest BCUT2D eigenvalue weighted by Crippen LogP contribution is -2.48. The fourth-order valence-electron chi connectivity index (χ4n) is 3.01. The molecule has 0 saturated heterocycles. The number of benzene rings is 2. The highest BCUT2D eigenvalue weighted by molar-refractivity contribution is 7.92. The van der Waals surface area contributed by atoms with Crippen LogP contribution in [0.3, 0.4) is 0 Å². The van der Waals surface area contributed by atoms with Gasteiger partial charge in [-0.05, 0) is 31.2 Å². The number of halogens is 1. The van der Waals surface area contributed by atoms with Gasteiger partial charge in [-0.3, -0.25) is 9.10 Å². The lowest BCUT2D eigenvalue weighted by molar-refractivity contribution is -0.131. The summed E-state index contributed by atoms with van der Waals surface area (Å²) in [6, 6.07) is 14.6. The molecule has 158 valence electrons. The van der Waals surface area contributed by atoms with Crippen LogP contribution in [-0.2, 0) is 21.4 Å². The second-order valence-electron chi connectivity index (χ2n) is 6.78. The number of aromatic nitrogens is 2. The van der Waals surface area contributed by atoms with Crippen molar-refractivity contribution in [1.82, 2.24) is 15.0 Å². The minimum absolute atomic E-state index is 0.0429. The van der Waals surface area contributed by atoms with Gasteiger partial charge in [0.15, 0.2) is 0 Å². The molecule has 10 heteroatoms. The predicted molar refractivity (Wildman–Crippen MR) is 114 cm³/mol. The third-order valence-electron chi connectivity index (χ3n) is 4.40. The average molecular weight is 449 g/mol. The molecule has 30 heavy (non-hydrogen) atoms. The molecule has 1 amide bonds. The number of carbonyl (C=O) groups is 1. The second kappa shape index (κ2) is 8.85. The number of rotatable bonds is 7. The highest BCUT2D eigenvalue weighted by Crippen LogP contribution is 2.24. The largest absolute Gasteiger partial charge is 0.337 e. The van der Waals surface area contributed by atoms with Gasteiger partial charge in [0, 0.05) is 17.6 Å². The van der Waals surface area contributed by atoms with E-state index < -0.39 is 22.0 Å². The Balaban J connectivity index is 1.77. The van der Waals surface area contributed by atoms with Crippen LogP contribution in [-0.4, -0.2) is 48.7 Å². The van der Waals surface area contributed by atoms with Gasteiger partial charge in [-0.1, -0.05) is 47.1 Å². The first-order chi connectivity index (χ1) is 14.2. The fourth-order valence-corrected chi connectivity index (χ4v) is 4.31. The van der Waals surface area contributed by atoms with Gasteiger partial charge in [0.2, 0.25) is 27.6 Å². The summed E-state index contributed by atoms with van der Waals surface area (Å²) < 4.78 is 31.1. The molecule has 0 aliphatic heterocycles. The van der Waals surface area contributed by atoms with Gasteiger partial charge in [0.25, 0.3) is 0 Å². The molecule has 8 nitrogen and oxygen atoms in total. The molecule has 0 aliphatic carbocycles. The summed E-state index contributed by atoms with van der Waals surface area (Å²) in [7, 11) is -2.17. The molecule has 0 saturated carbocycles. The smallest absolute Gasteiger partial charge is 0.246 e. The van der Waals surface area contributed by atoms with Crippen LogP contribution in [0.15, 0.2) is 59.1 Å². The highest BCUT2D eigenvalue weighted by Gasteiger charge is 2.31. The lowest BCUT2D eigenvalue weighted by Gasteiger charge is -2.30. The van der Waals surface area contributed by atoms with Crippen molar-refractivity contribution in [2.45, 2.75) is 19.5 Å². The molecule has 0 spiro atoms. The SMILES string of the molecule is CC(C(=O)N(C)Cc1nc(-c2ccccc2)no1)N(c1ccc(Cl)cc1)S(C)(=O)=O. The minimum atomic E-state index is -3.72. The molecule has 1 atom stereocenters. The van der Waals surface area contributed by atoms with Crippen LogP contribution in [0.1, 0.15) is 12.8 Å². The Morgan fingerprint density at radius 2 is 1.77 bits per heavy atom. The van der Waals surface area contributed by atoms with Crippen molar-refractivity contribution in [2.75, 3.05) is 17.6 Å². The molecule has 0 N–H and O–H groups in total. The number of likely N-dealkylation sites (N-methyl/N-ethyl adjacent to an activating group) is 1. The predicted octanol–water partition coefficient (Wildman–Crippen LogP) is 3.20. The molecule has 0 fully saturated rings. The van der Waals surface area contributed by atoms with Crippen LogP contribution in [0, 0.1) is 0 Å². The van der Waals surface area contributed by atoms with Gasteiger partial charge >= 0.3 is 0 Å². The Labute approximate surface area is 180 Å². The van der Waals surface area contributed by atoms with Gasteiger partial charge in [-0.2, -0.15) is 4.98 Å². The van der Waals surface area contributed by atoms with Crippen LogP contribution in [0.25, 0.3) is 11.4 Å². The Morgan fingerprint density at radius 3 is 2.37 bits per heavy atom. The van der Waals surface area contributed by atoms with E-state index in [1.165, 1.54) is 11.8 Å². The van der Waals surface area contributed by atoms with E-state index in [4.69, 9.17) is 16.1 Å². The van der Waals surface area contributed by atoms with Crippen molar-refractivity contribution in [1.29, 1.82) is 0 Å². The van der Waals surface area contributed by atoms with Crippen molar-refractivity contribution >= 4 is 33.2 Å². The van der Waals surface area contributed by atoms with Crippen LogP contribution >= 0.6 is 11.6 Å². The molecule has 0 aliphatic rings. The van der Waals surface area contributed by atoms with Crippen LogP contribution in [0.4, 0.5) is 5.69 Å². The monoisotopic (exact) mass is 448 g/mol. The molecule has 1 aromatic heterocycles. The highest BCUT2D eigenvalue weighted by atomic mass is 35.5. The summed E-state index contributed by atoms with van der Waals surface area (Å²) in [6.07, 6.45) is 1.05. The second-order valence-corrected chi connectivity index (χ2v) is 9.08. The number of carbonyl (C=O) groups excluding carboxylic acids is 1. The Morgan fingerprint density at radius 1 is 1.13 bits per heavy atom. The van der Waals surface area contributed by atoms with E-state index in [1.54, 1.807) is 31.3 Å². The molecular formula is C20H21ClN4O4S.